The third-order valence-electron chi connectivity index (χ3n) is 4.54. The lowest BCUT2D eigenvalue weighted by Gasteiger charge is -2.26. The Morgan fingerprint density at radius 2 is 1.96 bits per heavy atom. The van der Waals surface area contributed by atoms with Gasteiger partial charge in [0.2, 0.25) is 0 Å². The van der Waals surface area contributed by atoms with Crippen LogP contribution in [0.3, 0.4) is 0 Å². The van der Waals surface area contributed by atoms with Gasteiger partial charge in [-0.05, 0) is 11.6 Å². The van der Waals surface area contributed by atoms with Crippen LogP contribution in [0.25, 0.3) is 0 Å². The highest BCUT2D eigenvalue weighted by Gasteiger charge is 2.25. The number of rotatable bonds is 4. The number of aryl methyl sites for hydroxylation is 1. The van der Waals surface area contributed by atoms with Crippen molar-refractivity contribution in [1.82, 2.24) is 29.5 Å². The average molecular weight is 364 g/mol. The molecule has 0 unspecified atom stereocenters. The largest absolute Gasteiger partial charge is 0.347 e. The minimum absolute atomic E-state index is 0.113. The van der Waals surface area contributed by atoms with Crippen molar-refractivity contribution >= 4 is 11.8 Å². The number of nitrogens with zero attached hydrogens (tertiary/aromatic N) is 5. The van der Waals surface area contributed by atoms with Gasteiger partial charge in [0.05, 0.1) is 25.1 Å². The molecule has 0 aliphatic carbocycles. The summed E-state index contributed by atoms with van der Waals surface area (Å²) in [5.74, 6) is -0.332. The van der Waals surface area contributed by atoms with Crippen molar-refractivity contribution in [2.75, 3.05) is 6.54 Å². The van der Waals surface area contributed by atoms with Gasteiger partial charge in [0.1, 0.15) is 5.69 Å². The number of carbonyl (C=O) groups excluding carboxylic acids is 2. The van der Waals surface area contributed by atoms with E-state index in [2.05, 4.69) is 15.4 Å². The summed E-state index contributed by atoms with van der Waals surface area (Å²) < 4.78 is 3.54. The zero-order valence-corrected chi connectivity index (χ0v) is 15.0. The minimum Gasteiger partial charge on any atom is -0.347 e. The summed E-state index contributed by atoms with van der Waals surface area (Å²) >= 11 is 0. The fourth-order valence-electron chi connectivity index (χ4n) is 3.10. The first kappa shape index (κ1) is 17.0. The first-order valence-electron chi connectivity index (χ1n) is 8.76. The fraction of sp³-hybridized carbons (Fsp3) is 0.263. The summed E-state index contributed by atoms with van der Waals surface area (Å²) in [5.41, 5.74) is 2.66. The van der Waals surface area contributed by atoms with Crippen LogP contribution >= 0.6 is 0 Å². The van der Waals surface area contributed by atoms with Crippen LogP contribution in [0.15, 0.2) is 48.9 Å². The standard InChI is InChI=1S/C19H20N6O2/c1-23-12-17(21-13-23)19(27)24-7-8-25-15(11-24)9-16(22-25)18(26)20-10-14-5-3-2-4-6-14/h2-6,9,12-13H,7-8,10-11H2,1H3,(H,20,26). The summed E-state index contributed by atoms with van der Waals surface area (Å²) in [6.45, 7) is 1.95. The lowest BCUT2D eigenvalue weighted by molar-refractivity contribution is 0.0700. The van der Waals surface area contributed by atoms with E-state index < -0.39 is 0 Å². The van der Waals surface area contributed by atoms with Crippen LogP contribution in [0.5, 0.6) is 0 Å². The second-order valence-electron chi connectivity index (χ2n) is 6.56. The molecule has 8 heteroatoms. The molecule has 1 N–H and O–H groups in total. The van der Waals surface area contributed by atoms with E-state index in [9.17, 15) is 9.59 Å². The van der Waals surface area contributed by atoms with Crippen LogP contribution in [-0.2, 0) is 26.7 Å². The lowest BCUT2D eigenvalue weighted by Crippen LogP contribution is -2.38. The smallest absolute Gasteiger partial charge is 0.274 e. The Morgan fingerprint density at radius 1 is 1.15 bits per heavy atom. The maximum Gasteiger partial charge on any atom is 0.274 e. The molecule has 2 aromatic heterocycles. The van der Waals surface area contributed by atoms with E-state index in [-0.39, 0.29) is 11.8 Å². The predicted octanol–water partition coefficient (Wildman–Crippen LogP) is 1.20. The molecular weight excluding hydrogens is 344 g/mol. The molecule has 27 heavy (non-hydrogen) atoms. The second kappa shape index (κ2) is 7.06. The average Bonchev–Trinajstić information content (AvgIpc) is 3.32. The number of benzene rings is 1. The van der Waals surface area contributed by atoms with E-state index in [1.165, 1.54) is 0 Å². The molecule has 3 aromatic rings. The molecule has 1 aromatic carbocycles. The summed E-state index contributed by atoms with van der Waals surface area (Å²) in [7, 11) is 1.83. The molecular formula is C19H20N6O2. The van der Waals surface area contributed by atoms with Gasteiger partial charge < -0.3 is 14.8 Å². The molecule has 0 saturated carbocycles. The Bertz CT molecular complexity index is 975. The van der Waals surface area contributed by atoms with E-state index >= 15 is 0 Å². The van der Waals surface area contributed by atoms with Gasteiger partial charge in [0, 0.05) is 26.3 Å². The van der Waals surface area contributed by atoms with Gasteiger partial charge in [-0.1, -0.05) is 30.3 Å². The molecule has 1 aliphatic rings. The number of nitrogens with one attached hydrogen (secondary N) is 1. The lowest BCUT2D eigenvalue weighted by atomic mass is 10.2. The normalized spacial score (nSPS) is 13.3. The summed E-state index contributed by atoms with van der Waals surface area (Å²) in [5, 5.41) is 7.26. The maximum absolute atomic E-state index is 12.6. The Kier molecular flexibility index (Phi) is 4.45. The maximum atomic E-state index is 12.6. The topological polar surface area (TPSA) is 85.1 Å². The van der Waals surface area contributed by atoms with Crippen molar-refractivity contribution < 1.29 is 9.59 Å². The van der Waals surface area contributed by atoms with E-state index in [4.69, 9.17) is 0 Å². The first-order chi connectivity index (χ1) is 13.1. The SMILES string of the molecule is Cn1cnc(C(=O)N2CCn3nc(C(=O)NCc4ccccc4)cc3C2)c1. The van der Waals surface area contributed by atoms with Gasteiger partial charge >= 0.3 is 0 Å². The number of hydrogen-bond acceptors (Lipinski definition) is 4. The molecule has 3 heterocycles. The van der Waals surface area contributed by atoms with Gasteiger partial charge in [-0.25, -0.2) is 4.98 Å². The predicted molar refractivity (Wildman–Crippen MR) is 97.8 cm³/mol. The van der Waals surface area contributed by atoms with Crippen molar-refractivity contribution in [3.05, 3.63) is 71.6 Å². The molecule has 0 atom stereocenters. The molecule has 0 spiro atoms. The Hall–Kier alpha value is -3.42. The fourth-order valence-corrected chi connectivity index (χ4v) is 3.10. The van der Waals surface area contributed by atoms with E-state index in [1.807, 2.05) is 37.4 Å². The number of imidazole rings is 1. The molecule has 0 saturated heterocycles. The minimum atomic E-state index is -0.219. The van der Waals surface area contributed by atoms with Crippen molar-refractivity contribution in [1.29, 1.82) is 0 Å². The van der Waals surface area contributed by atoms with Crippen LogP contribution in [0.1, 0.15) is 32.2 Å². The molecule has 138 valence electrons. The Balaban J connectivity index is 1.42. The zero-order valence-electron chi connectivity index (χ0n) is 15.0. The van der Waals surface area contributed by atoms with E-state index in [0.717, 1.165) is 11.3 Å². The second-order valence-corrected chi connectivity index (χ2v) is 6.56. The summed E-state index contributed by atoms with van der Waals surface area (Å²) in [4.78, 5) is 30.8. The van der Waals surface area contributed by atoms with Crippen LogP contribution in [0, 0.1) is 0 Å². The number of amides is 2. The Morgan fingerprint density at radius 3 is 2.70 bits per heavy atom. The van der Waals surface area contributed by atoms with E-state index in [0.29, 0.717) is 37.6 Å². The van der Waals surface area contributed by atoms with Crippen LogP contribution in [0.4, 0.5) is 0 Å². The third kappa shape index (κ3) is 3.59. The molecule has 8 nitrogen and oxygen atoms in total. The van der Waals surface area contributed by atoms with Crippen molar-refractivity contribution in [2.24, 2.45) is 7.05 Å². The van der Waals surface area contributed by atoms with Crippen molar-refractivity contribution in [3.63, 3.8) is 0 Å². The summed E-state index contributed by atoms with van der Waals surface area (Å²) in [6, 6.07) is 11.5. The van der Waals surface area contributed by atoms with Gasteiger partial charge in [0.15, 0.2) is 5.69 Å². The first-order valence-corrected chi connectivity index (χ1v) is 8.76. The van der Waals surface area contributed by atoms with Crippen molar-refractivity contribution in [2.45, 2.75) is 19.6 Å². The van der Waals surface area contributed by atoms with Crippen LogP contribution < -0.4 is 5.32 Å². The number of carbonyl (C=O) groups is 2. The monoisotopic (exact) mass is 364 g/mol. The Labute approximate surface area is 156 Å². The highest BCUT2D eigenvalue weighted by molar-refractivity contribution is 5.93. The van der Waals surface area contributed by atoms with Gasteiger partial charge in [-0.3, -0.25) is 14.3 Å². The van der Waals surface area contributed by atoms with Crippen LogP contribution in [0.2, 0.25) is 0 Å². The molecule has 0 radical (unpaired) electrons. The molecule has 4 rings (SSSR count). The molecule has 1 aliphatic heterocycles. The highest BCUT2D eigenvalue weighted by atomic mass is 16.2. The van der Waals surface area contributed by atoms with Gasteiger partial charge in [0.25, 0.3) is 11.8 Å². The van der Waals surface area contributed by atoms with Crippen molar-refractivity contribution in [3.8, 4) is 0 Å². The van der Waals surface area contributed by atoms with Crippen LogP contribution in [-0.4, -0.2) is 42.6 Å². The zero-order chi connectivity index (χ0) is 18.8. The van der Waals surface area contributed by atoms with Gasteiger partial charge in [-0.2, -0.15) is 5.10 Å². The molecule has 0 fully saturated rings. The number of hydrogen-bond donors (Lipinski definition) is 1. The van der Waals surface area contributed by atoms with Gasteiger partial charge in [-0.15, -0.1) is 0 Å². The number of aromatic nitrogens is 4. The molecule has 0 bridgehead atoms. The third-order valence-corrected chi connectivity index (χ3v) is 4.54. The number of fused-ring (bicyclic) bond motifs is 1. The molecule has 2 amide bonds. The summed E-state index contributed by atoms with van der Waals surface area (Å²) in [6.07, 6.45) is 3.31. The highest BCUT2D eigenvalue weighted by Crippen LogP contribution is 2.16. The van der Waals surface area contributed by atoms with E-state index in [1.54, 1.807) is 32.7 Å². The quantitative estimate of drug-likeness (QED) is 0.754.